The molecule has 7 nitrogen and oxygen atoms in total. The number of benzene rings is 3. The lowest BCUT2D eigenvalue weighted by molar-refractivity contribution is -0.124. The van der Waals surface area contributed by atoms with Crippen molar-refractivity contribution in [2.75, 3.05) is 18.0 Å². The van der Waals surface area contributed by atoms with Crippen LogP contribution in [0.25, 0.3) is 0 Å². The van der Waals surface area contributed by atoms with E-state index in [-0.39, 0.29) is 17.0 Å². The van der Waals surface area contributed by atoms with Gasteiger partial charge < -0.3 is 10.1 Å². The predicted molar refractivity (Wildman–Crippen MR) is 122 cm³/mol. The zero-order valence-electron chi connectivity index (χ0n) is 17.5. The Hall–Kier alpha value is -3.43. The number of hydrogen-bond donors (Lipinski definition) is 1. The van der Waals surface area contributed by atoms with Crippen LogP contribution in [0.5, 0.6) is 0 Å². The number of carbonyl (C=O) groups is 2. The second-order valence-electron chi connectivity index (χ2n) is 6.92. The Labute approximate surface area is 195 Å². The first kappa shape index (κ1) is 24.2. The first-order chi connectivity index (χ1) is 15.7. The van der Waals surface area contributed by atoms with E-state index in [1.165, 1.54) is 49.5 Å². The number of sulfonamides is 1. The highest BCUT2D eigenvalue weighted by Gasteiger charge is 2.23. The minimum atomic E-state index is -3.99. The van der Waals surface area contributed by atoms with E-state index in [0.717, 1.165) is 10.4 Å². The van der Waals surface area contributed by atoms with Crippen LogP contribution >= 0.6 is 11.6 Å². The summed E-state index contributed by atoms with van der Waals surface area (Å²) in [6.07, 6.45) is 0. The number of nitrogens with zero attached hydrogens (tertiary/aromatic N) is 1. The summed E-state index contributed by atoms with van der Waals surface area (Å²) < 4.78 is 45.5. The van der Waals surface area contributed by atoms with Gasteiger partial charge in [-0.2, -0.15) is 0 Å². The van der Waals surface area contributed by atoms with Gasteiger partial charge in [0.15, 0.2) is 6.61 Å². The van der Waals surface area contributed by atoms with Crippen molar-refractivity contribution in [2.24, 2.45) is 0 Å². The molecule has 0 heterocycles. The van der Waals surface area contributed by atoms with Gasteiger partial charge in [0.2, 0.25) is 0 Å². The molecule has 172 valence electrons. The Morgan fingerprint density at radius 3 is 2.48 bits per heavy atom. The highest BCUT2D eigenvalue weighted by Crippen LogP contribution is 2.25. The summed E-state index contributed by atoms with van der Waals surface area (Å²) in [7, 11) is -2.62. The molecule has 0 atom stereocenters. The first-order valence-electron chi connectivity index (χ1n) is 9.70. The van der Waals surface area contributed by atoms with Gasteiger partial charge in [0, 0.05) is 24.2 Å². The maximum Gasteiger partial charge on any atom is 0.338 e. The molecule has 33 heavy (non-hydrogen) atoms. The van der Waals surface area contributed by atoms with E-state index in [4.69, 9.17) is 16.3 Å². The maximum atomic E-state index is 13.6. The summed E-state index contributed by atoms with van der Waals surface area (Å²) >= 11 is 5.94. The van der Waals surface area contributed by atoms with E-state index >= 15 is 0 Å². The van der Waals surface area contributed by atoms with Crippen LogP contribution in [0.2, 0.25) is 5.02 Å². The third kappa shape index (κ3) is 6.09. The van der Waals surface area contributed by atoms with Gasteiger partial charge in [-0.1, -0.05) is 41.9 Å². The van der Waals surface area contributed by atoms with Crippen LogP contribution in [0.4, 0.5) is 10.1 Å². The standard InChI is InChI=1S/C23H20ClFN2O5S/c1-27(19-9-5-8-18(24)13-19)33(30,31)20-10-4-7-16(12-20)23(29)32-15-22(28)26-14-17-6-2-3-11-21(17)25/h2-13H,14-15H2,1H3,(H,26,28). The number of carbonyl (C=O) groups excluding carboxylic acids is 2. The molecule has 1 amide bonds. The molecule has 0 spiro atoms. The fraction of sp³-hybridized carbons (Fsp3) is 0.130. The summed E-state index contributed by atoms with van der Waals surface area (Å²) in [6, 6.07) is 17.6. The number of amides is 1. The molecular weight excluding hydrogens is 471 g/mol. The lowest BCUT2D eigenvalue weighted by Crippen LogP contribution is -2.29. The van der Waals surface area contributed by atoms with Gasteiger partial charge in [-0.15, -0.1) is 0 Å². The molecule has 0 unspecified atom stereocenters. The summed E-state index contributed by atoms with van der Waals surface area (Å²) in [6.45, 7) is -0.667. The van der Waals surface area contributed by atoms with Gasteiger partial charge >= 0.3 is 5.97 Å². The average Bonchev–Trinajstić information content (AvgIpc) is 2.81. The van der Waals surface area contributed by atoms with Crippen molar-refractivity contribution in [2.45, 2.75) is 11.4 Å². The second-order valence-corrected chi connectivity index (χ2v) is 9.33. The van der Waals surface area contributed by atoms with Crippen LogP contribution in [-0.4, -0.2) is 33.9 Å². The Kier molecular flexibility index (Phi) is 7.67. The molecule has 0 saturated heterocycles. The van der Waals surface area contributed by atoms with Crippen molar-refractivity contribution < 1.29 is 27.1 Å². The van der Waals surface area contributed by atoms with Crippen LogP contribution in [0, 0.1) is 5.82 Å². The Morgan fingerprint density at radius 2 is 1.76 bits per heavy atom. The Bertz CT molecular complexity index is 1280. The third-order valence-corrected chi connectivity index (χ3v) is 6.68. The van der Waals surface area contributed by atoms with Crippen molar-refractivity contribution in [3.63, 3.8) is 0 Å². The van der Waals surface area contributed by atoms with E-state index in [1.54, 1.807) is 24.3 Å². The van der Waals surface area contributed by atoms with Gasteiger partial charge in [-0.25, -0.2) is 17.6 Å². The highest BCUT2D eigenvalue weighted by molar-refractivity contribution is 7.92. The van der Waals surface area contributed by atoms with Crippen LogP contribution in [0.15, 0.2) is 77.7 Å². The Morgan fingerprint density at radius 1 is 1.03 bits per heavy atom. The van der Waals surface area contributed by atoms with E-state index in [1.807, 2.05) is 0 Å². The van der Waals surface area contributed by atoms with Gasteiger partial charge in [0.1, 0.15) is 5.82 Å². The summed E-state index contributed by atoms with van der Waals surface area (Å²) in [5.41, 5.74) is 0.596. The number of hydrogen-bond acceptors (Lipinski definition) is 5. The number of rotatable bonds is 8. The SMILES string of the molecule is CN(c1cccc(Cl)c1)S(=O)(=O)c1cccc(C(=O)OCC(=O)NCc2ccccc2F)c1. The Balaban J connectivity index is 1.64. The van der Waals surface area contributed by atoms with Crippen molar-refractivity contribution in [3.05, 3.63) is 94.8 Å². The molecule has 1 N–H and O–H groups in total. The number of nitrogens with one attached hydrogen (secondary N) is 1. The molecule has 0 aliphatic rings. The fourth-order valence-electron chi connectivity index (χ4n) is 2.85. The van der Waals surface area contributed by atoms with Crippen molar-refractivity contribution in [1.29, 1.82) is 0 Å². The zero-order valence-corrected chi connectivity index (χ0v) is 19.1. The van der Waals surface area contributed by atoms with Gasteiger partial charge in [-0.05, 0) is 42.5 Å². The molecule has 0 aliphatic heterocycles. The molecule has 0 saturated carbocycles. The molecule has 3 rings (SSSR count). The molecule has 0 bridgehead atoms. The molecule has 3 aromatic carbocycles. The second kappa shape index (κ2) is 10.5. The maximum absolute atomic E-state index is 13.6. The summed E-state index contributed by atoms with van der Waals surface area (Å²) in [4.78, 5) is 24.2. The van der Waals surface area contributed by atoms with Gasteiger partial charge in [0.05, 0.1) is 16.1 Å². The molecule has 0 radical (unpaired) electrons. The zero-order chi connectivity index (χ0) is 24.0. The minimum absolute atomic E-state index is 0.0440. The van der Waals surface area contributed by atoms with Gasteiger partial charge in [0.25, 0.3) is 15.9 Å². The van der Waals surface area contributed by atoms with E-state index < -0.39 is 34.3 Å². The molecule has 3 aromatic rings. The fourth-order valence-corrected chi connectivity index (χ4v) is 4.27. The monoisotopic (exact) mass is 490 g/mol. The molecule has 0 aromatic heterocycles. The lowest BCUT2D eigenvalue weighted by Gasteiger charge is -2.20. The molecule has 0 aliphatic carbocycles. The van der Waals surface area contributed by atoms with E-state index in [0.29, 0.717) is 16.3 Å². The van der Waals surface area contributed by atoms with Crippen molar-refractivity contribution in [1.82, 2.24) is 5.32 Å². The van der Waals surface area contributed by atoms with Crippen LogP contribution in [0.3, 0.4) is 0 Å². The van der Waals surface area contributed by atoms with Crippen LogP contribution < -0.4 is 9.62 Å². The topological polar surface area (TPSA) is 92.8 Å². The molecule has 10 heteroatoms. The van der Waals surface area contributed by atoms with Crippen LogP contribution in [0.1, 0.15) is 15.9 Å². The predicted octanol–water partition coefficient (Wildman–Crippen LogP) is 3.78. The van der Waals surface area contributed by atoms with Crippen LogP contribution in [-0.2, 0) is 26.1 Å². The molecule has 0 fully saturated rings. The summed E-state index contributed by atoms with van der Waals surface area (Å²) in [5, 5.41) is 2.83. The third-order valence-electron chi connectivity index (χ3n) is 4.67. The van der Waals surface area contributed by atoms with E-state index in [2.05, 4.69) is 5.32 Å². The lowest BCUT2D eigenvalue weighted by atomic mass is 10.2. The molecular formula is C23H20ClFN2O5S. The number of ether oxygens (including phenoxy) is 1. The number of esters is 1. The average molecular weight is 491 g/mol. The normalized spacial score (nSPS) is 11.0. The number of anilines is 1. The largest absolute Gasteiger partial charge is 0.452 e. The highest BCUT2D eigenvalue weighted by atomic mass is 35.5. The first-order valence-corrected chi connectivity index (χ1v) is 11.5. The quantitative estimate of drug-likeness (QED) is 0.485. The van der Waals surface area contributed by atoms with E-state index in [9.17, 15) is 22.4 Å². The smallest absolute Gasteiger partial charge is 0.338 e. The van der Waals surface area contributed by atoms with Crippen molar-refractivity contribution in [3.8, 4) is 0 Å². The van der Waals surface area contributed by atoms with Gasteiger partial charge in [-0.3, -0.25) is 9.10 Å². The number of halogens is 2. The summed E-state index contributed by atoms with van der Waals surface area (Å²) in [5.74, 6) is -1.97. The minimum Gasteiger partial charge on any atom is -0.452 e. The van der Waals surface area contributed by atoms with Crippen molar-refractivity contribution >= 4 is 39.2 Å².